The number of nitrogens with zero attached hydrogens (tertiary/aromatic N) is 1. The Bertz CT molecular complexity index is 915. The van der Waals surface area contributed by atoms with E-state index >= 15 is 0 Å². The number of benzene rings is 2. The van der Waals surface area contributed by atoms with E-state index in [4.69, 9.17) is 0 Å². The van der Waals surface area contributed by atoms with Crippen LogP contribution in [0.15, 0.2) is 42.5 Å². The molecule has 3 rings (SSSR count). The van der Waals surface area contributed by atoms with Crippen LogP contribution in [0.5, 0.6) is 0 Å². The molecule has 0 radical (unpaired) electrons. The number of amides is 2. The van der Waals surface area contributed by atoms with Gasteiger partial charge >= 0.3 is 0 Å². The lowest BCUT2D eigenvalue weighted by Gasteiger charge is -2.26. The zero-order valence-corrected chi connectivity index (χ0v) is 14.8. The Hall–Kier alpha value is -3.21. The standard InChI is InChI=1S/C21H20N2O3/c1-14(24)12-22-21(26)18-9-10-19-13-23(15(2)25)20-6-4-3-5-16(20)7-8-17(19)11-18/h3-11H,12-13H2,1-2H3,(H,22,26)/b8-7-. The van der Waals surface area contributed by atoms with Crippen molar-refractivity contribution in [3.8, 4) is 0 Å². The highest BCUT2D eigenvalue weighted by Crippen LogP contribution is 2.29. The molecule has 2 aromatic carbocycles. The molecule has 0 aliphatic carbocycles. The predicted octanol–water partition coefficient (Wildman–Crippen LogP) is 3.04. The van der Waals surface area contributed by atoms with Crippen LogP contribution in [0.4, 0.5) is 5.69 Å². The molecule has 0 fully saturated rings. The molecule has 0 saturated carbocycles. The Morgan fingerprint density at radius 1 is 1.00 bits per heavy atom. The summed E-state index contributed by atoms with van der Waals surface area (Å²) < 4.78 is 0. The molecule has 1 heterocycles. The van der Waals surface area contributed by atoms with E-state index in [2.05, 4.69) is 5.32 Å². The average Bonchev–Trinajstić information content (AvgIpc) is 2.61. The minimum atomic E-state index is -0.290. The molecule has 132 valence electrons. The molecule has 5 heteroatoms. The van der Waals surface area contributed by atoms with Crippen LogP contribution in [0.3, 0.4) is 0 Å². The number of anilines is 1. The number of para-hydroxylation sites is 1. The van der Waals surface area contributed by atoms with Gasteiger partial charge in [0.2, 0.25) is 5.91 Å². The fraction of sp³-hybridized carbons (Fsp3) is 0.190. The maximum Gasteiger partial charge on any atom is 0.251 e. The number of carbonyl (C=O) groups excluding carboxylic acids is 3. The van der Waals surface area contributed by atoms with Crippen molar-refractivity contribution < 1.29 is 14.4 Å². The van der Waals surface area contributed by atoms with Crippen molar-refractivity contribution in [2.24, 2.45) is 0 Å². The molecule has 2 aromatic rings. The normalized spacial score (nSPS) is 13.7. The van der Waals surface area contributed by atoms with Crippen LogP contribution in [0.25, 0.3) is 12.2 Å². The summed E-state index contributed by atoms with van der Waals surface area (Å²) in [6.07, 6.45) is 3.90. The molecular formula is C21H20N2O3. The highest BCUT2D eigenvalue weighted by molar-refractivity contribution is 5.98. The Morgan fingerprint density at radius 2 is 1.73 bits per heavy atom. The van der Waals surface area contributed by atoms with E-state index in [0.717, 1.165) is 22.4 Å². The van der Waals surface area contributed by atoms with Crippen LogP contribution in [-0.4, -0.2) is 24.1 Å². The Balaban J connectivity index is 1.99. The maximum absolute atomic E-state index is 12.2. The Labute approximate surface area is 152 Å². The second-order valence-corrected chi connectivity index (χ2v) is 6.30. The first-order valence-corrected chi connectivity index (χ1v) is 8.41. The van der Waals surface area contributed by atoms with Crippen molar-refractivity contribution in [2.75, 3.05) is 11.4 Å². The highest BCUT2D eigenvalue weighted by Gasteiger charge is 2.19. The zero-order valence-electron chi connectivity index (χ0n) is 14.8. The third kappa shape index (κ3) is 3.72. The number of carbonyl (C=O) groups is 3. The van der Waals surface area contributed by atoms with Crippen molar-refractivity contribution in [3.05, 3.63) is 64.7 Å². The van der Waals surface area contributed by atoms with Crippen LogP contribution in [0.1, 0.15) is 40.9 Å². The van der Waals surface area contributed by atoms with E-state index < -0.39 is 0 Å². The minimum absolute atomic E-state index is 0.0112. The summed E-state index contributed by atoms with van der Waals surface area (Å²) in [5, 5.41) is 2.60. The van der Waals surface area contributed by atoms with Gasteiger partial charge < -0.3 is 10.2 Å². The number of fused-ring (bicyclic) bond motifs is 2. The second kappa shape index (κ2) is 7.35. The summed E-state index contributed by atoms with van der Waals surface area (Å²) >= 11 is 0. The summed E-state index contributed by atoms with van der Waals surface area (Å²) in [5.74, 6) is -0.428. The summed E-state index contributed by atoms with van der Waals surface area (Å²) in [6, 6.07) is 13.1. The molecule has 0 spiro atoms. The molecule has 1 aliphatic heterocycles. The van der Waals surface area contributed by atoms with Gasteiger partial charge in [-0.3, -0.25) is 14.4 Å². The lowest BCUT2D eigenvalue weighted by Crippen LogP contribution is -2.30. The van der Waals surface area contributed by atoms with Crippen molar-refractivity contribution >= 4 is 35.4 Å². The van der Waals surface area contributed by atoms with Gasteiger partial charge in [0.25, 0.3) is 5.91 Å². The van der Waals surface area contributed by atoms with Crippen molar-refractivity contribution in [2.45, 2.75) is 20.4 Å². The molecule has 0 atom stereocenters. The number of hydrogen-bond acceptors (Lipinski definition) is 3. The third-order valence-electron chi connectivity index (χ3n) is 4.28. The smallest absolute Gasteiger partial charge is 0.251 e. The largest absolute Gasteiger partial charge is 0.345 e. The molecule has 0 saturated heterocycles. The molecule has 0 aromatic heterocycles. The lowest BCUT2D eigenvalue weighted by molar-refractivity contribution is -0.117. The molecule has 0 bridgehead atoms. The van der Waals surface area contributed by atoms with Gasteiger partial charge in [0.15, 0.2) is 0 Å². The van der Waals surface area contributed by atoms with Crippen LogP contribution >= 0.6 is 0 Å². The predicted molar refractivity (Wildman–Crippen MR) is 102 cm³/mol. The molecule has 26 heavy (non-hydrogen) atoms. The van der Waals surface area contributed by atoms with Crippen LogP contribution in [-0.2, 0) is 16.1 Å². The summed E-state index contributed by atoms with van der Waals surface area (Å²) in [5.41, 5.74) is 4.12. The average molecular weight is 348 g/mol. The first-order chi connectivity index (χ1) is 12.5. The van der Waals surface area contributed by atoms with Crippen molar-refractivity contribution in [3.63, 3.8) is 0 Å². The summed E-state index contributed by atoms with van der Waals surface area (Å²) in [4.78, 5) is 37.2. The topological polar surface area (TPSA) is 66.5 Å². The van der Waals surface area contributed by atoms with Gasteiger partial charge in [-0.25, -0.2) is 0 Å². The summed E-state index contributed by atoms with van der Waals surface area (Å²) in [7, 11) is 0. The Kier molecular flexibility index (Phi) is 4.98. The molecule has 5 nitrogen and oxygen atoms in total. The van der Waals surface area contributed by atoms with E-state index in [1.54, 1.807) is 24.0 Å². The maximum atomic E-state index is 12.2. The summed E-state index contributed by atoms with van der Waals surface area (Å²) in [6.45, 7) is 3.42. The monoisotopic (exact) mass is 348 g/mol. The van der Waals surface area contributed by atoms with Gasteiger partial charge in [0.1, 0.15) is 5.78 Å². The van der Waals surface area contributed by atoms with Gasteiger partial charge in [-0.15, -0.1) is 0 Å². The highest BCUT2D eigenvalue weighted by atomic mass is 16.2. The SMILES string of the molecule is CC(=O)CNC(=O)c1ccc2c(c1)/C=C\c1ccccc1N(C(C)=O)C2. The van der Waals surface area contributed by atoms with Gasteiger partial charge in [0, 0.05) is 12.5 Å². The number of rotatable bonds is 3. The minimum Gasteiger partial charge on any atom is -0.345 e. The van der Waals surface area contributed by atoms with E-state index in [1.165, 1.54) is 6.92 Å². The molecule has 2 amide bonds. The zero-order chi connectivity index (χ0) is 18.7. The van der Waals surface area contributed by atoms with Crippen LogP contribution in [0.2, 0.25) is 0 Å². The fourth-order valence-corrected chi connectivity index (χ4v) is 2.93. The van der Waals surface area contributed by atoms with E-state index in [-0.39, 0.29) is 24.1 Å². The number of nitrogens with one attached hydrogen (secondary N) is 1. The lowest BCUT2D eigenvalue weighted by atomic mass is 9.98. The van der Waals surface area contributed by atoms with Gasteiger partial charge in [-0.1, -0.05) is 36.4 Å². The van der Waals surface area contributed by atoms with Crippen LogP contribution < -0.4 is 10.2 Å². The second-order valence-electron chi connectivity index (χ2n) is 6.30. The van der Waals surface area contributed by atoms with Crippen LogP contribution in [0, 0.1) is 0 Å². The number of hydrogen-bond donors (Lipinski definition) is 1. The van der Waals surface area contributed by atoms with E-state index in [1.807, 2.05) is 42.5 Å². The van der Waals surface area contributed by atoms with Gasteiger partial charge in [-0.2, -0.15) is 0 Å². The molecule has 1 N–H and O–H groups in total. The molecule has 0 unspecified atom stereocenters. The fourth-order valence-electron chi connectivity index (χ4n) is 2.93. The first kappa shape index (κ1) is 17.6. The quantitative estimate of drug-likeness (QED) is 0.927. The first-order valence-electron chi connectivity index (χ1n) is 8.41. The number of ketones is 1. The van der Waals surface area contributed by atoms with Crippen molar-refractivity contribution in [1.29, 1.82) is 0 Å². The van der Waals surface area contributed by atoms with E-state index in [0.29, 0.717) is 12.1 Å². The van der Waals surface area contributed by atoms with Gasteiger partial charge in [-0.05, 0) is 41.8 Å². The van der Waals surface area contributed by atoms with Crippen molar-refractivity contribution in [1.82, 2.24) is 5.32 Å². The number of Topliss-reactive ketones (excluding diaryl/α,β-unsaturated/α-hetero) is 1. The third-order valence-corrected chi connectivity index (χ3v) is 4.28. The molecular weight excluding hydrogens is 328 g/mol. The Morgan fingerprint density at radius 3 is 2.46 bits per heavy atom. The van der Waals surface area contributed by atoms with Gasteiger partial charge in [0.05, 0.1) is 18.8 Å². The molecule has 1 aliphatic rings. The van der Waals surface area contributed by atoms with E-state index in [9.17, 15) is 14.4 Å².